The smallest absolute Gasteiger partial charge is 0.201 e. The van der Waals surface area contributed by atoms with Gasteiger partial charge in [-0.1, -0.05) is 36.9 Å². The number of fused-ring (bicyclic) bond motifs is 2. The molecule has 4 heteroatoms. The lowest BCUT2D eigenvalue weighted by molar-refractivity contribution is 0.0973. The van der Waals surface area contributed by atoms with Crippen LogP contribution in [0, 0.1) is 0 Å². The van der Waals surface area contributed by atoms with Gasteiger partial charge in [0.2, 0.25) is 5.78 Å². The summed E-state index contributed by atoms with van der Waals surface area (Å²) in [4.78, 5) is 25.1. The molecule has 104 valence electrons. The maximum Gasteiger partial charge on any atom is 0.201 e. The summed E-state index contributed by atoms with van der Waals surface area (Å²) in [6.07, 6.45) is 1.56. The van der Waals surface area contributed by atoms with E-state index in [2.05, 4.69) is 6.58 Å². The first-order valence-corrected chi connectivity index (χ1v) is 6.43. The predicted octanol–water partition coefficient (Wildman–Crippen LogP) is 2.73. The minimum atomic E-state index is -0.405. The zero-order valence-corrected chi connectivity index (χ0v) is 11.1. The highest BCUT2D eigenvalue weighted by Crippen LogP contribution is 2.36. The molecule has 0 saturated heterocycles. The summed E-state index contributed by atoms with van der Waals surface area (Å²) in [5.41, 5.74) is 0.732. The van der Waals surface area contributed by atoms with E-state index in [0.717, 1.165) is 0 Å². The van der Waals surface area contributed by atoms with Crippen LogP contribution < -0.4 is 4.74 Å². The Labute approximate surface area is 121 Å². The second-order valence-electron chi connectivity index (χ2n) is 4.64. The van der Waals surface area contributed by atoms with Crippen molar-refractivity contribution >= 4 is 11.6 Å². The Kier molecular flexibility index (Phi) is 3.06. The van der Waals surface area contributed by atoms with Crippen molar-refractivity contribution in [3.63, 3.8) is 0 Å². The first kappa shape index (κ1) is 13.1. The summed E-state index contributed by atoms with van der Waals surface area (Å²) in [5, 5.41) is 9.91. The summed E-state index contributed by atoms with van der Waals surface area (Å²) in [6.45, 7) is 3.78. The van der Waals surface area contributed by atoms with Crippen molar-refractivity contribution < 1.29 is 19.4 Å². The monoisotopic (exact) mass is 280 g/mol. The Balaban J connectivity index is 2.24. The molecule has 0 spiro atoms. The Morgan fingerprint density at radius 1 is 1.00 bits per heavy atom. The molecular weight excluding hydrogens is 268 g/mol. The standard InChI is InChI=1S/C17H12O4/c1-2-9-21-13-8-4-6-11-15(13)17(20)14-10(16(11)19)5-3-7-12(14)18/h2-8,18H,1,9H2. The molecule has 21 heavy (non-hydrogen) atoms. The molecular formula is C17H12O4. The van der Waals surface area contributed by atoms with Crippen LogP contribution in [0.3, 0.4) is 0 Å². The second kappa shape index (κ2) is 4.90. The van der Waals surface area contributed by atoms with Gasteiger partial charge in [0.05, 0.1) is 11.1 Å². The Bertz CT molecular complexity index is 774. The van der Waals surface area contributed by atoms with Gasteiger partial charge in [0.15, 0.2) is 5.78 Å². The number of hydrogen-bond acceptors (Lipinski definition) is 4. The van der Waals surface area contributed by atoms with Gasteiger partial charge < -0.3 is 9.84 Å². The van der Waals surface area contributed by atoms with Crippen molar-refractivity contribution in [2.75, 3.05) is 6.61 Å². The molecule has 0 atom stereocenters. The Morgan fingerprint density at radius 3 is 2.38 bits per heavy atom. The topological polar surface area (TPSA) is 63.6 Å². The van der Waals surface area contributed by atoms with Gasteiger partial charge in [-0.15, -0.1) is 0 Å². The average Bonchev–Trinajstić information content (AvgIpc) is 2.50. The van der Waals surface area contributed by atoms with Crippen molar-refractivity contribution in [1.29, 1.82) is 0 Å². The molecule has 0 heterocycles. The third-order valence-electron chi connectivity index (χ3n) is 3.37. The molecule has 2 aromatic carbocycles. The van der Waals surface area contributed by atoms with Gasteiger partial charge >= 0.3 is 0 Å². The highest BCUT2D eigenvalue weighted by Gasteiger charge is 2.34. The van der Waals surface area contributed by atoms with E-state index >= 15 is 0 Å². The lowest BCUT2D eigenvalue weighted by atomic mass is 9.83. The lowest BCUT2D eigenvalue weighted by Gasteiger charge is -2.20. The number of phenols is 1. The summed E-state index contributed by atoms with van der Waals surface area (Å²) in [5.74, 6) is -0.577. The van der Waals surface area contributed by atoms with Crippen LogP contribution in [-0.4, -0.2) is 23.3 Å². The molecule has 0 amide bonds. The Morgan fingerprint density at radius 2 is 1.67 bits per heavy atom. The van der Waals surface area contributed by atoms with Crippen LogP contribution in [-0.2, 0) is 0 Å². The molecule has 2 aromatic rings. The molecule has 0 radical (unpaired) electrons. The van der Waals surface area contributed by atoms with E-state index in [1.807, 2.05) is 0 Å². The van der Waals surface area contributed by atoms with Crippen molar-refractivity contribution in [2.45, 2.75) is 0 Å². The van der Waals surface area contributed by atoms with Crippen LogP contribution in [0.5, 0.6) is 11.5 Å². The fourth-order valence-corrected chi connectivity index (χ4v) is 2.46. The number of benzene rings is 2. The SMILES string of the molecule is C=CCOc1cccc2c1C(=O)c1c(O)cccc1C2=O. The number of ketones is 2. The first-order valence-electron chi connectivity index (χ1n) is 6.43. The summed E-state index contributed by atoms with van der Waals surface area (Å²) in [6, 6.07) is 9.35. The van der Waals surface area contributed by atoms with Crippen LogP contribution in [0.15, 0.2) is 49.1 Å². The minimum Gasteiger partial charge on any atom is -0.507 e. The first-order chi connectivity index (χ1) is 10.1. The van der Waals surface area contributed by atoms with E-state index in [1.54, 1.807) is 30.3 Å². The molecule has 0 aliphatic heterocycles. The zero-order chi connectivity index (χ0) is 15.0. The van der Waals surface area contributed by atoms with Crippen molar-refractivity contribution in [1.82, 2.24) is 0 Å². The van der Waals surface area contributed by atoms with Crippen LogP contribution in [0.1, 0.15) is 31.8 Å². The van der Waals surface area contributed by atoms with Crippen molar-refractivity contribution in [2.24, 2.45) is 0 Å². The second-order valence-corrected chi connectivity index (χ2v) is 4.64. The number of aromatic hydroxyl groups is 1. The average molecular weight is 280 g/mol. The maximum absolute atomic E-state index is 12.6. The summed E-state index contributed by atoms with van der Waals surface area (Å²) in [7, 11) is 0. The fourth-order valence-electron chi connectivity index (χ4n) is 2.46. The van der Waals surface area contributed by atoms with Crippen LogP contribution in [0.25, 0.3) is 0 Å². The number of carbonyl (C=O) groups is 2. The highest BCUT2D eigenvalue weighted by molar-refractivity contribution is 6.30. The van der Waals surface area contributed by atoms with Gasteiger partial charge in [0, 0.05) is 11.1 Å². The van der Waals surface area contributed by atoms with Crippen molar-refractivity contribution in [3.05, 3.63) is 71.3 Å². The van der Waals surface area contributed by atoms with Gasteiger partial charge in [0.1, 0.15) is 18.1 Å². The van der Waals surface area contributed by atoms with Gasteiger partial charge in [-0.2, -0.15) is 0 Å². The molecule has 3 rings (SSSR count). The van der Waals surface area contributed by atoms with Gasteiger partial charge in [0.25, 0.3) is 0 Å². The molecule has 4 nitrogen and oxygen atoms in total. The molecule has 0 unspecified atom stereocenters. The van der Waals surface area contributed by atoms with E-state index < -0.39 is 5.78 Å². The normalized spacial score (nSPS) is 12.6. The largest absolute Gasteiger partial charge is 0.507 e. The summed E-state index contributed by atoms with van der Waals surface area (Å²) >= 11 is 0. The van der Waals surface area contributed by atoms with E-state index in [4.69, 9.17) is 4.74 Å². The molecule has 1 aliphatic rings. The molecule has 0 fully saturated rings. The van der Waals surface area contributed by atoms with Gasteiger partial charge in [-0.25, -0.2) is 0 Å². The quantitative estimate of drug-likeness (QED) is 0.749. The molecule has 0 bridgehead atoms. The number of rotatable bonds is 3. The molecule has 0 aromatic heterocycles. The highest BCUT2D eigenvalue weighted by atomic mass is 16.5. The molecule has 1 aliphatic carbocycles. The fraction of sp³-hybridized carbons (Fsp3) is 0.0588. The Hall–Kier alpha value is -2.88. The van der Waals surface area contributed by atoms with Gasteiger partial charge in [-0.05, 0) is 12.1 Å². The van der Waals surface area contributed by atoms with Gasteiger partial charge in [-0.3, -0.25) is 9.59 Å². The van der Waals surface area contributed by atoms with E-state index in [1.165, 1.54) is 12.1 Å². The number of phenolic OH excluding ortho intramolecular Hbond substituents is 1. The number of carbonyl (C=O) groups excluding carboxylic acids is 2. The third-order valence-corrected chi connectivity index (χ3v) is 3.37. The lowest BCUT2D eigenvalue weighted by Crippen LogP contribution is -2.22. The molecule has 0 saturated carbocycles. The van der Waals surface area contributed by atoms with E-state index in [0.29, 0.717) is 11.3 Å². The van der Waals surface area contributed by atoms with Crippen LogP contribution in [0.4, 0.5) is 0 Å². The van der Waals surface area contributed by atoms with Crippen LogP contribution >= 0.6 is 0 Å². The number of ether oxygens (including phenoxy) is 1. The van der Waals surface area contributed by atoms with E-state index in [-0.39, 0.29) is 34.8 Å². The van der Waals surface area contributed by atoms with Crippen molar-refractivity contribution in [3.8, 4) is 11.5 Å². The third kappa shape index (κ3) is 1.92. The zero-order valence-electron chi connectivity index (χ0n) is 11.1. The summed E-state index contributed by atoms with van der Waals surface area (Å²) < 4.78 is 5.45. The van der Waals surface area contributed by atoms with Crippen LogP contribution in [0.2, 0.25) is 0 Å². The molecule has 1 N–H and O–H groups in total. The maximum atomic E-state index is 12.6. The predicted molar refractivity (Wildman–Crippen MR) is 77.1 cm³/mol. The number of hydrogen-bond donors (Lipinski definition) is 1. The minimum absolute atomic E-state index is 0.0321. The van der Waals surface area contributed by atoms with E-state index in [9.17, 15) is 14.7 Å².